The van der Waals surface area contributed by atoms with Gasteiger partial charge in [-0.25, -0.2) is 17.9 Å². The molecule has 2 aliphatic heterocycles. The van der Waals surface area contributed by atoms with E-state index in [0.29, 0.717) is 19.3 Å². The molecule has 2 amide bonds. The van der Waals surface area contributed by atoms with Crippen molar-refractivity contribution >= 4 is 21.7 Å². The van der Waals surface area contributed by atoms with Gasteiger partial charge in [0.2, 0.25) is 0 Å². The van der Waals surface area contributed by atoms with E-state index >= 15 is 0 Å². The molecule has 0 spiro atoms. The van der Waals surface area contributed by atoms with Gasteiger partial charge >= 0.3 is 6.03 Å². The van der Waals surface area contributed by atoms with Crippen molar-refractivity contribution in [3.8, 4) is 0 Å². The van der Waals surface area contributed by atoms with Crippen LogP contribution in [-0.2, 0) is 40.4 Å². The number of benzene rings is 1. The van der Waals surface area contributed by atoms with Crippen molar-refractivity contribution < 1.29 is 17.9 Å². The average molecular weight is 446 g/mol. The number of aryl methyl sites for hydroxylation is 2. The molecule has 8 heteroatoms. The summed E-state index contributed by atoms with van der Waals surface area (Å²) in [5.74, 6) is 0. The van der Waals surface area contributed by atoms with Gasteiger partial charge in [0.1, 0.15) is 0 Å². The van der Waals surface area contributed by atoms with Crippen LogP contribution in [0, 0.1) is 0 Å². The van der Waals surface area contributed by atoms with Crippen LogP contribution in [0.5, 0.6) is 0 Å². The third kappa shape index (κ3) is 4.01. The Morgan fingerprint density at radius 2 is 1.81 bits per heavy atom. The van der Waals surface area contributed by atoms with Crippen LogP contribution in [0.1, 0.15) is 54.9 Å². The fraction of sp³-hybridized carbons (Fsp3) is 0.609. The monoisotopic (exact) mass is 445 g/mol. The SMILES string of the molecule is CC1(/C=C/S(=O)(=O)NC(=O)Nc2c3c(cc4c2CCC4)CCC3)CCCN1C1COC1. The number of amides is 2. The zero-order valence-corrected chi connectivity index (χ0v) is 18.9. The van der Waals surface area contributed by atoms with Gasteiger partial charge in [0.05, 0.1) is 19.3 Å². The summed E-state index contributed by atoms with van der Waals surface area (Å²) in [4.78, 5) is 15.0. The Hall–Kier alpha value is -1.90. The van der Waals surface area contributed by atoms with Crippen LogP contribution >= 0.6 is 0 Å². The van der Waals surface area contributed by atoms with Crippen LogP contribution in [0.4, 0.5) is 10.5 Å². The van der Waals surface area contributed by atoms with Crippen molar-refractivity contribution in [1.82, 2.24) is 9.62 Å². The number of sulfonamides is 1. The first-order valence-electron chi connectivity index (χ1n) is 11.4. The third-order valence-corrected chi connectivity index (χ3v) is 8.32. The van der Waals surface area contributed by atoms with Crippen molar-refractivity contribution in [3.05, 3.63) is 39.8 Å². The van der Waals surface area contributed by atoms with Gasteiger partial charge in [-0.3, -0.25) is 4.90 Å². The number of carbonyl (C=O) groups excluding carboxylic acids is 1. The molecule has 2 N–H and O–H groups in total. The van der Waals surface area contributed by atoms with Gasteiger partial charge in [-0.2, -0.15) is 0 Å². The number of nitrogens with one attached hydrogen (secondary N) is 2. The van der Waals surface area contributed by atoms with Gasteiger partial charge in [-0.05, 0) is 87.1 Å². The van der Waals surface area contributed by atoms with E-state index in [2.05, 4.69) is 27.9 Å². The first kappa shape index (κ1) is 21.0. The van der Waals surface area contributed by atoms with E-state index in [4.69, 9.17) is 4.74 Å². The zero-order chi connectivity index (χ0) is 21.6. The van der Waals surface area contributed by atoms with Crippen molar-refractivity contribution in [1.29, 1.82) is 0 Å². The minimum Gasteiger partial charge on any atom is -0.378 e. The maximum absolute atomic E-state index is 12.7. The summed E-state index contributed by atoms with van der Waals surface area (Å²) in [5.41, 5.74) is 5.47. The molecular weight excluding hydrogens is 414 g/mol. The summed E-state index contributed by atoms with van der Waals surface area (Å²) >= 11 is 0. The van der Waals surface area contributed by atoms with Crippen LogP contribution in [-0.4, -0.2) is 50.7 Å². The molecule has 2 aliphatic carbocycles. The molecule has 0 bridgehead atoms. The van der Waals surface area contributed by atoms with E-state index in [9.17, 15) is 13.2 Å². The highest BCUT2D eigenvalue weighted by Gasteiger charge is 2.41. The van der Waals surface area contributed by atoms with Crippen LogP contribution in [0.25, 0.3) is 0 Å². The topological polar surface area (TPSA) is 87.7 Å². The predicted molar refractivity (Wildman–Crippen MR) is 120 cm³/mol. The highest BCUT2D eigenvalue weighted by Crippen LogP contribution is 2.38. The van der Waals surface area contributed by atoms with E-state index in [0.717, 1.165) is 69.0 Å². The van der Waals surface area contributed by atoms with E-state index in [1.54, 1.807) is 6.08 Å². The van der Waals surface area contributed by atoms with Crippen LogP contribution in [0.15, 0.2) is 17.6 Å². The number of likely N-dealkylation sites (tertiary alicyclic amines) is 1. The molecule has 0 saturated carbocycles. The van der Waals surface area contributed by atoms with E-state index in [1.165, 1.54) is 22.3 Å². The highest BCUT2D eigenvalue weighted by atomic mass is 32.2. The van der Waals surface area contributed by atoms with Crippen LogP contribution in [0.3, 0.4) is 0 Å². The highest BCUT2D eigenvalue weighted by molar-refractivity contribution is 7.92. The van der Waals surface area contributed by atoms with Gasteiger partial charge in [0.25, 0.3) is 10.0 Å². The molecular formula is C23H31N3O4S. The first-order chi connectivity index (χ1) is 14.8. The lowest BCUT2D eigenvalue weighted by Gasteiger charge is -2.43. The molecule has 4 aliphatic rings. The fourth-order valence-electron chi connectivity index (χ4n) is 5.69. The fourth-order valence-corrected chi connectivity index (χ4v) is 6.54. The molecule has 2 fully saturated rings. The van der Waals surface area contributed by atoms with Gasteiger partial charge in [0, 0.05) is 16.6 Å². The zero-order valence-electron chi connectivity index (χ0n) is 18.1. The molecule has 0 radical (unpaired) electrons. The molecule has 1 unspecified atom stereocenters. The van der Waals surface area contributed by atoms with Crippen molar-refractivity contribution in [3.63, 3.8) is 0 Å². The molecule has 2 heterocycles. The molecule has 1 aromatic carbocycles. The molecule has 31 heavy (non-hydrogen) atoms. The largest absolute Gasteiger partial charge is 0.378 e. The molecule has 5 rings (SSSR count). The Morgan fingerprint density at radius 1 is 1.13 bits per heavy atom. The molecule has 168 valence electrons. The van der Waals surface area contributed by atoms with Crippen molar-refractivity contribution in [2.45, 2.75) is 69.9 Å². The average Bonchev–Trinajstić information content (AvgIpc) is 3.39. The molecule has 1 atom stereocenters. The second-order valence-electron chi connectivity index (χ2n) is 9.48. The maximum atomic E-state index is 12.7. The Bertz CT molecular complexity index is 999. The summed E-state index contributed by atoms with van der Waals surface area (Å²) in [6.07, 6.45) is 9.73. The number of carbonyl (C=O) groups is 1. The lowest BCUT2D eigenvalue weighted by atomic mass is 9.97. The van der Waals surface area contributed by atoms with Gasteiger partial charge in [0.15, 0.2) is 0 Å². The number of urea groups is 1. The summed E-state index contributed by atoms with van der Waals surface area (Å²) < 4.78 is 32.8. The van der Waals surface area contributed by atoms with Crippen LogP contribution in [0.2, 0.25) is 0 Å². The minimum atomic E-state index is -3.89. The smallest absolute Gasteiger partial charge is 0.333 e. The number of hydrogen-bond donors (Lipinski definition) is 2. The Balaban J connectivity index is 1.29. The number of hydrogen-bond acceptors (Lipinski definition) is 5. The summed E-state index contributed by atoms with van der Waals surface area (Å²) in [5, 5.41) is 4.05. The first-order valence-corrected chi connectivity index (χ1v) is 12.9. The molecule has 0 aromatic heterocycles. The standard InChI is InChI=1S/C23H31N3O4S/c1-23(9-4-11-26(23)18-14-30-15-18)10-12-31(28,29)25-22(27)24-21-19-7-2-5-16(19)13-17-6-3-8-20(17)21/h10,12-13,18H,2-9,11,14-15H2,1H3,(H2,24,25,27)/b12-10+. The minimum absolute atomic E-state index is 0.333. The number of fused-ring (bicyclic) bond motifs is 2. The van der Waals surface area contributed by atoms with Crippen molar-refractivity contribution in [2.75, 3.05) is 25.1 Å². The third-order valence-electron chi connectivity index (χ3n) is 7.35. The lowest BCUT2D eigenvalue weighted by molar-refractivity contribution is -0.0785. The van der Waals surface area contributed by atoms with Crippen LogP contribution < -0.4 is 10.0 Å². The van der Waals surface area contributed by atoms with Gasteiger partial charge < -0.3 is 10.1 Å². The summed E-state index contributed by atoms with van der Waals surface area (Å²) in [6.45, 7) is 4.39. The Kier molecular flexibility index (Phi) is 5.35. The lowest BCUT2D eigenvalue weighted by Crippen LogP contribution is -2.55. The molecule has 2 saturated heterocycles. The Labute approximate surface area is 184 Å². The summed E-state index contributed by atoms with van der Waals surface area (Å²) in [6, 6.07) is 1.95. The molecule has 7 nitrogen and oxygen atoms in total. The predicted octanol–water partition coefficient (Wildman–Crippen LogP) is 2.88. The Morgan fingerprint density at radius 3 is 2.42 bits per heavy atom. The number of anilines is 1. The van der Waals surface area contributed by atoms with E-state index < -0.39 is 16.1 Å². The normalized spacial score (nSPS) is 26.1. The quantitative estimate of drug-likeness (QED) is 0.728. The molecule has 1 aromatic rings. The van der Waals surface area contributed by atoms with Crippen molar-refractivity contribution in [2.24, 2.45) is 0 Å². The maximum Gasteiger partial charge on any atom is 0.333 e. The van der Waals surface area contributed by atoms with E-state index in [-0.39, 0.29) is 5.54 Å². The number of ether oxygens (including phenoxy) is 1. The second-order valence-corrected chi connectivity index (χ2v) is 11.0. The number of rotatable bonds is 5. The van der Waals surface area contributed by atoms with Gasteiger partial charge in [-0.1, -0.05) is 12.1 Å². The van der Waals surface area contributed by atoms with E-state index in [1.807, 2.05) is 0 Å². The summed E-state index contributed by atoms with van der Waals surface area (Å²) in [7, 11) is -3.89. The second kappa shape index (κ2) is 7.90. The number of nitrogens with zero attached hydrogens (tertiary/aromatic N) is 1. The van der Waals surface area contributed by atoms with Gasteiger partial charge in [-0.15, -0.1) is 0 Å².